The Hall–Kier alpha value is -0.990. The number of hydrogen-bond donors (Lipinski definition) is 2. The summed E-state index contributed by atoms with van der Waals surface area (Å²) in [6.07, 6.45) is 4.91. The van der Waals surface area contributed by atoms with Crippen molar-refractivity contribution in [2.24, 2.45) is 0 Å². The van der Waals surface area contributed by atoms with Crippen LogP contribution >= 0.6 is 0 Å². The molecule has 0 amide bonds. The lowest BCUT2D eigenvalue weighted by Crippen LogP contribution is -2.03. The first-order valence-electron chi connectivity index (χ1n) is 5.11. The summed E-state index contributed by atoms with van der Waals surface area (Å²) in [5.74, 6) is 1.09. The van der Waals surface area contributed by atoms with Gasteiger partial charge in [-0.3, -0.25) is 5.10 Å². The molecular weight excluding hydrogens is 162 g/mol. The Morgan fingerprint density at radius 1 is 1.54 bits per heavy atom. The summed E-state index contributed by atoms with van der Waals surface area (Å²) in [4.78, 5) is 0. The van der Waals surface area contributed by atoms with Crippen LogP contribution in [0.1, 0.15) is 37.4 Å². The predicted octanol–water partition coefficient (Wildman–Crippen LogP) is 2.24. The maximum absolute atomic E-state index is 4.28. The Bertz CT molecular complexity index is 286. The number of rotatable bonds is 4. The van der Waals surface area contributed by atoms with Crippen molar-refractivity contribution < 1.29 is 0 Å². The van der Waals surface area contributed by atoms with E-state index in [1.165, 1.54) is 30.5 Å². The summed E-state index contributed by atoms with van der Waals surface area (Å²) in [5.41, 5.74) is 2.58. The van der Waals surface area contributed by atoms with Gasteiger partial charge in [0.1, 0.15) is 0 Å². The van der Waals surface area contributed by atoms with Gasteiger partial charge in [0.25, 0.3) is 0 Å². The number of aromatic nitrogens is 2. The van der Waals surface area contributed by atoms with Gasteiger partial charge >= 0.3 is 0 Å². The quantitative estimate of drug-likeness (QED) is 0.744. The lowest BCUT2D eigenvalue weighted by molar-refractivity contribution is 0.911. The molecule has 1 heterocycles. The average molecular weight is 179 g/mol. The molecule has 0 saturated heterocycles. The van der Waals surface area contributed by atoms with Crippen LogP contribution in [-0.2, 0) is 6.42 Å². The topological polar surface area (TPSA) is 40.7 Å². The van der Waals surface area contributed by atoms with Gasteiger partial charge in [0, 0.05) is 17.3 Å². The van der Waals surface area contributed by atoms with Crippen LogP contribution in [0.2, 0.25) is 0 Å². The van der Waals surface area contributed by atoms with Crippen LogP contribution in [-0.4, -0.2) is 16.2 Å². The average Bonchev–Trinajstić information content (AvgIpc) is 2.86. The molecule has 0 bridgehead atoms. The predicted molar refractivity (Wildman–Crippen MR) is 54.0 cm³/mol. The molecule has 0 aromatic carbocycles. The van der Waals surface area contributed by atoms with E-state index < -0.39 is 0 Å². The first-order valence-corrected chi connectivity index (χ1v) is 5.11. The third kappa shape index (κ3) is 1.85. The van der Waals surface area contributed by atoms with Crippen molar-refractivity contribution in [3.05, 3.63) is 11.3 Å². The Kier molecular flexibility index (Phi) is 2.25. The minimum absolute atomic E-state index is 0.693. The summed E-state index contributed by atoms with van der Waals surface area (Å²) in [6, 6.07) is 0.693. The van der Waals surface area contributed by atoms with E-state index in [9.17, 15) is 0 Å². The number of anilines is 1. The minimum atomic E-state index is 0.693. The fraction of sp³-hybridized carbons (Fsp3) is 0.700. The normalized spacial score (nSPS) is 16.2. The summed E-state index contributed by atoms with van der Waals surface area (Å²) in [6.45, 7) is 4.30. The zero-order valence-electron chi connectivity index (χ0n) is 8.35. The third-order valence-electron chi connectivity index (χ3n) is 2.49. The van der Waals surface area contributed by atoms with Crippen LogP contribution in [0, 0.1) is 6.92 Å². The van der Waals surface area contributed by atoms with Gasteiger partial charge in [-0.15, -0.1) is 0 Å². The lowest BCUT2D eigenvalue weighted by atomic mass is 10.1. The maximum Gasteiger partial charge on any atom is 0.151 e. The first-order chi connectivity index (χ1) is 6.31. The molecule has 2 N–H and O–H groups in total. The summed E-state index contributed by atoms with van der Waals surface area (Å²) in [5, 5.41) is 10.8. The van der Waals surface area contributed by atoms with Crippen molar-refractivity contribution in [3.8, 4) is 0 Å². The van der Waals surface area contributed by atoms with Crippen LogP contribution in [0.15, 0.2) is 0 Å². The van der Waals surface area contributed by atoms with E-state index in [1.54, 1.807) is 0 Å². The highest BCUT2D eigenvalue weighted by Gasteiger charge is 2.23. The maximum atomic E-state index is 4.28. The molecule has 3 heteroatoms. The van der Waals surface area contributed by atoms with Crippen LogP contribution in [0.5, 0.6) is 0 Å². The number of H-pyrrole nitrogens is 1. The molecule has 1 aromatic heterocycles. The van der Waals surface area contributed by atoms with Gasteiger partial charge in [0.2, 0.25) is 0 Å². The number of hydrogen-bond acceptors (Lipinski definition) is 2. The standard InChI is InChI=1S/C10H17N3/c1-3-4-9-7(2)12-13-10(9)11-8-5-6-8/h8H,3-6H2,1-2H3,(H2,11,12,13). The van der Waals surface area contributed by atoms with Crippen molar-refractivity contribution in [3.63, 3.8) is 0 Å². The van der Waals surface area contributed by atoms with Gasteiger partial charge in [-0.05, 0) is 26.2 Å². The molecule has 0 aliphatic heterocycles. The molecule has 0 unspecified atom stereocenters. The molecular formula is C10H17N3. The first kappa shape index (κ1) is 8.60. The molecule has 1 aliphatic carbocycles. The molecule has 1 aromatic rings. The largest absolute Gasteiger partial charge is 0.366 e. The van der Waals surface area contributed by atoms with Crippen molar-refractivity contribution >= 4 is 5.82 Å². The Labute approximate surface area is 78.9 Å². The molecule has 3 nitrogen and oxygen atoms in total. The highest BCUT2D eigenvalue weighted by molar-refractivity contribution is 5.47. The molecule has 72 valence electrons. The van der Waals surface area contributed by atoms with Crippen molar-refractivity contribution in [1.82, 2.24) is 10.2 Å². The van der Waals surface area contributed by atoms with E-state index in [1.807, 2.05) is 0 Å². The van der Waals surface area contributed by atoms with Gasteiger partial charge in [-0.1, -0.05) is 13.3 Å². The summed E-state index contributed by atoms with van der Waals surface area (Å²) in [7, 11) is 0. The number of aryl methyl sites for hydroxylation is 1. The van der Waals surface area contributed by atoms with Crippen molar-refractivity contribution in [2.75, 3.05) is 5.32 Å². The zero-order chi connectivity index (χ0) is 9.26. The Morgan fingerprint density at radius 2 is 2.31 bits per heavy atom. The molecule has 1 saturated carbocycles. The number of aromatic amines is 1. The second-order valence-corrected chi connectivity index (χ2v) is 3.84. The van der Waals surface area contributed by atoms with Gasteiger partial charge in [0.05, 0.1) is 0 Å². The van der Waals surface area contributed by atoms with E-state index in [2.05, 4.69) is 29.4 Å². The SMILES string of the molecule is CCCc1c(NC2CC2)n[nH]c1C. The van der Waals surface area contributed by atoms with Crippen LogP contribution in [0.3, 0.4) is 0 Å². The molecule has 0 spiro atoms. The van der Waals surface area contributed by atoms with Gasteiger partial charge < -0.3 is 5.32 Å². The smallest absolute Gasteiger partial charge is 0.151 e. The monoisotopic (exact) mass is 179 g/mol. The number of nitrogens with one attached hydrogen (secondary N) is 2. The van der Waals surface area contributed by atoms with Gasteiger partial charge in [0.15, 0.2) is 5.82 Å². The second-order valence-electron chi connectivity index (χ2n) is 3.84. The molecule has 1 fully saturated rings. The van der Waals surface area contributed by atoms with E-state index in [4.69, 9.17) is 0 Å². The second kappa shape index (κ2) is 3.40. The molecule has 1 aliphatic rings. The molecule has 0 radical (unpaired) electrons. The zero-order valence-corrected chi connectivity index (χ0v) is 8.35. The van der Waals surface area contributed by atoms with E-state index in [0.29, 0.717) is 6.04 Å². The van der Waals surface area contributed by atoms with E-state index in [-0.39, 0.29) is 0 Å². The Balaban J connectivity index is 2.12. The van der Waals surface area contributed by atoms with Crippen LogP contribution < -0.4 is 5.32 Å². The highest BCUT2D eigenvalue weighted by Crippen LogP contribution is 2.27. The Morgan fingerprint density at radius 3 is 2.92 bits per heavy atom. The molecule has 0 atom stereocenters. The van der Waals surface area contributed by atoms with Crippen LogP contribution in [0.4, 0.5) is 5.82 Å². The highest BCUT2D eigenvalue weighted by atomic mass is 15.2. The van der Waals surface area contributed by atoms with Gasteiger partial charge in [-0.25, -0.2) is 0 Å². The number of nitrogens with zero attached hydrogens (tertiary/aromatic N) is 1. The minimum Gasteiger partial charge on any atom is -0.366 e. The van der Waals surface area contributed by atoms with Crippen LogP contribution in [0.25, 0.3) is 0 Å². The fourth-order valence-electron chi connectivity index (χ4n) is 1.55. The summed E-state index contributed by atoms with van der Waals surface area (Å²) < 4.78 is 0. The third-order valence-corrected chi connectivity index (χ3v) is 2.49. The molecule has 13 heavy (non-hydrogen) atoms. The molecule has 2 rings (SSSR count). The van der Waals surface area contributed by atoms with Crippen molar-refractivity contribution in [1.29, 1.82) is 0 Å². The van der Waals surface area contributed by atoms with E-state index in [0.717, 1.165) is 12.2 Å². The van der Waals surface area contributed by atoms with Gasteiger partial charge in [-0.2, -0.15) is 5.10 Å². The van der Waals surface area contributed by atoms with Crippen molar-refractivity contribution in [2.45, 2.75) is 45.6 Å². The fourth-order valence-corrected chi connectivity index (χ4v) is 1.55. The van der Waals surface area contributed by atoms with E-state index >= 15 is 0 Å². The lowest BCUT2D eigenvalue weighted by Gasteiger charge is -2.03. The summed E-state index contributed by atoms with van der Waals surface area (Å²) >= 11 is 0.